The smallest absolute Gasteiger partial charge is 0.251 e. The second kappa shape index (κ2) is 11.0. The summed E-state index contributed by atoms with van der Waals surface area (Å²) in [6.45, 7) is 0.984. The number of carbonyl (C=O) groups excluding carboxylic acids is 1. The van der Waals surface area contributed by atoms with Crippen LogP contribution in [-0.2, 0) is 13.1 Å². The van der Waals surface area contributed by atoms with E-state index < -0.39 is 0 Å². The van der Waals surface area contributed by atoms with Gasteiger partial charge in [-0.25, -0.2) is 9.97 Å². The number of nitrogens with zero attached hydrogens (tertiary/aromatic N) is 2. The number of nitrogens with one attached hydrogen (secondary N) is 2. The van der Waals surface area contributed by atoms with Crippen LogP contribution in [0.4, 0.5) is 5.95 Å². The van der Waals surface area contributed by atoms with Gasteiger partial charge in [0, 0.05) is 42.2 Å². The van der Waals surface area contributed by atoms with Crippen molar-refractivity contribution in [3.8, 4) is 22.6 Å². The van der Waals surface area contributed by atoms with Crippen LogP contribution in [0.2, 0.25) is 0 Å². The molecule has 3 aromatic carbocycles. The number of benzene rings is 3. The summed E-state index contributed by atoms with van der Waals surface area (Å²) >= 11 is 0. The Balaban J connectivity index is 1.36. The van der Waals surface area contributed by atoms with E-state index in [9.17, 15) is 4.79 Å². The number of aromatic nitrogens is 2. The first-order valence-corrected chi connectivity index (χ1v) is 10.9. The van der Waals surface area contributed by atoms with Crippen molar-refractivity contribution in [3.63, 3.8) is 0 Å². The highest BCUT2D eigenvalue weighted by atomic mass is 16.5. The molecule has 0 fully saturated rings. The van der Waals surface area contributed by atoms with E-state index in [2.05, 4.69) is 20.6 Å². The van der Waals surface area contributed by atoms with Gasteiger partial charge in [0.15, 0.2) is 0 Å². The minimum atomic E-state index is -0.173. The van der Waals surface area contributed by atoms with E-state index in [1.165, 1.54) is 0 Å². The van der Waals surface area contributed by atoms with E-state index in [-0.39, 0.29) is 5.91 Å². The van der Waals surface area contributed by atoms with Gasteiger partial charge in [-0.2, -0.15) is 0 Å². The molecule has 0 radical (unpaired) electrons. The Morgan fingerprint density at radius 2 is 1.56 bits per heavy atom. The van der Waals surface area contributed by atoms with Crippen molar-refractivity contribution in [1.82, 2.24) is 15.3 Å². The Morgan fingerprint density at radius 3 is 2.24 bits per heavy atom. The van der Waals surface area contributed by atoms with Gasteiger partial charge >= 0.3 is 0 Å². The third kappa shape index (κ3) is 5.69. The SMILES string of the molecule is COc1ccc(OC)c(CNC(=O)c2ccc(-c3cnc(NCc4ccccc4)nc3)cc2)c1. The number of methoxy groups -OCH3 is 2. The Labute approximate surface area is 198 Å². The molecular formula is C27H26N4O3. The summed E-state index contributed by atoms with van der Waals surface area (Å²) in [7, 11) is 3.20. The van der Waals surface area contributed by atoms with Gasteiger partial charge in [0.25, 0.3) is 5.91 Å². The maximum Gasteiger partial charge on any atom is 0.251 e. The van der Waals surface area contributed by atoms with Gasteiger partial charge < -0.3 is 20.1 Å². The molecule has 2 N–H and O–H groups in total. The quantitative estimate of drug-likeness (QED) is 0.381. The number of hydrogen-bond donors (Lipinski definition) is 2. The normalized spacial score (nSPS) is 10.4. The lowest BCUT2D eigenvalue weighted by Crippen LogP contribution is -2.23. The topological polar surface area (TPSA) is 85.4 Å². The minimum absolute atomic E-state index is 0.173. The average Bonchev–Trinajstić information content (AvgIpc) is 2.91. The molecular weight excluding hydrogens is 428 g/mol. The van der Waals surface area contributed by atoms with Gasteiger partial charge in [0.2, 0.25) is 5.95 Å². The van der Waals surface area contributed by atoms with Crippen LogP contribution >= 0.6 is 0 Å². The van der Waals surface area contributed by atoms with Gasteiger partial charge in [-0.15, -0.1) is 0 Å². The molecule has 0 aliphatic heterocycles. The number of hydrogen-bond acceptors (Lipinski definition) is 6. The van der Waals surface area contributed by atoms with Crippen LogP contribution in [0.3, 0.4) is 0 Å². The molecule has 0 saturated carbocycles. The highest BCUT2D eigenvalue weighted by Gasteiger charge is 2.10. The van der Waals surface area contributed by atoms with Crippen molar-refractivity contribution >= 4 is 11.9 Å². The fourth-order valence-electron chi connectivity index (χ4n) is 3.46. The van der Waals surface area contributed by atoms with E-state index in [1.807, 2.05) is 60.7 Å². The lowest BCUT2D eigenvalue weighted by atomic mass is 10.1. The Bertz CT molecular complexity index is 1230. The molecule has 7 heteroatoms. The monoisotopic (exact) mass is 454 g/mol. The van der Waals surface area contributed by atoms with Crippen molar-refractivity contribution in [2.75, 3.05) is 19.5 Å². The molecule has 172 valence electrons. The first-order valence-electron chi connectivity index (χ1n) is 10.9. The average molecular weight is 455 g/mol. The lowest BCUT2D eigenvalue weighted by molar-refractivity contribution is 0.0950. The molecule has 1 heterocycles. The fourth-order valence-corrected chi connectivity index (χ4v) is 3.46. The largest absolute Gasteiger partial charge is 0.497 e. The third-order valence-corrected chi connectivity index (χ3v) is 5.35. The molecule has 0 bridgehead atoms. The van der Waals surface area contributed by atoms with E-state index in [0.29, 0.717) is 36.1 Å². The molecule has 1 amide bonds. The first kappa shape index (κ1) is 22.8. The maximum atomic E-state index is 12.6. The zero-order valence-electron chi connectivity index (χ0n) is 19.1. The molecule has 4 aromatic rings. The number of ether oxygens (including phenoxy) is 2. The van der Waals surface area contributed by atoms with Gasteiger partial charge in [-0.05, 0) is 41.5 Å². The Morgan fingerprint density at radius 1 is 0.824 bits per heavy atom. The number of rotatable bonds is 9. The fraction of sp³-hybridized carbons (Fsp3) is 0.148. The highest BCUT2D eigenvalue weighted by Crippen LogP contribution is 2.24. The van der Waals surface area contributed by atoms with E-state index in [4.69, 9.17) is 9.47 Å². The van der Waals surface area contributed by atoms with Crippen LogP contribution in [-0.4, -0.2) is 30.1 Å². The Kier molecular flexibility index (Phi) is 7.35. The number of amides is 1. The molecule has 0 saturated heterocycles. The van der Waals surface area contributed by atoms with Crippen molar-refractivity contribution in [3.05, 3.63) is 102 Å². The Hall–Kier alpha value is -4.39. The van der Waals surface area contributed by atoms with Crippen LogP contribution in [0.15, 0.2) is 85.2 Å². The summed E-state index contributed by atoms with van der Waals surface area (Å²) in [5.41, 5.74) is 4.37. The lowest BCUT2D eigenvalue weighted by Gasteiger charge is -2.12. The molecule has 0 unspecified atom stereocenters. The van der Waals surface area contributed by atoms with Crippen LogP contribution in [0.1, 0.15) is 21.5 Å². The minimum Gasteiger partial charge on any atom is -0.497 e. The maximum absolute atomic E-state index is 12.6. The summed E-state index contributed by atoms with van der Waals surface area (Å²) in [5.74, 6) is 1.79. The molecule has 4 rings (SSSR count). The number of carbonyl (C=O) groups is 1. The summed E-state index contributed by atoms with van der Waals surface area (Å²) in [5, 5.41) is 6.14. The molecule has 0 spiro atoms. The van der Waals surface area contributed by atoms with Crippen LogP contribution in [0.25, 0.3) is 11.1 Å². The van der Waals surface area contributed by atoms with E-state index >= 15 is 0 Å². The summed E-state index contributed by atoms with van der Waals surface area (Å²) in [6, 6.07) is 22.9. The predicted molar refractivity (Wildman–Crippen MR) is 132 cm³/mol. The zero-order chi connectivity index (χ0) is 23.8. The summed E-state index contributed by atoms with van der Waals surface area (Å²) in [6.07, 6.45) is 3.54. The second-order valence-electron chi connectivity index (χ2n) is 7.57. The molecule has 0 atom stereocenters. The van der Waals surface area contributed by atoms with Crippen molar-refractivity contribution in [2.45, 2.75) is 13.1 Å². The third-order valence-electron chi connectivity index (χ3n) is 5.35. The van der Waals surface area contributed by atoms with Crippen LogP contribution in [0, 0.1) is 0 Å². The summed E-state index contributed by atoms with van der Waals surface area (Å²) in [4.78, 5) is 21.4. The molecule has 34 heavy (non-hydrogen) atoms. The molecule has 0 aliphatic carbocycles. The van der Waals surface area contributed by atoms with Gasteiger partial charge in [0.1, 0.15) is 11.5 Å². The predicted octanol–water partition coefficient (Wildman–Crippen LogP) is 4.70. The van der Waals surface area contributed by atoms with E-state index in [0.717, 1.165) is 22.3 Å². The second-order valence-corrected chi connectivity index (χ2v) is 7.57. The van der Waals surface area contributed by atoms with E-state index in [1.54, 1.807) is 38.7 Å². The molecule has 7 nitrogen and oxygen atoms in total. The van der Waals surface area contributed by atoms with Gasteiger partial charge in [-0.1, -0.05) is 42.5 Å². The zero-order valence-corrected chi connectivity index (χ0v) is 19.1. The van der Waals surface area contributed by atoms with Gasteiger partial charge in [-0.3, -0.25) is 4.79 Å². The highest BCUT2D eigenvalue weighted by molar-refractivity contribution is 5.94. The molecule has 0 aliphatic rings. The van der Waals surface area contributed by atoms with Crippen molar-refractivity contribution < 1.29 is 14.3 Å². The van der Waals surface area contributed by atoms with Crippen molar-refractivity contribution in [1.29, 1.82) is 0 Å². The van der Waals surface area contributed by atoms with Crippen LogP contribution in [0.5, 0.6) is 11.5 Å². The van der Waals surface area contributed by atoms with Crippen molar-refractivity contribution in [2.24, 2.45) is 0 Å². The first-order chi connectivity index (χ1) is 16.7. The van der Waals surface area contributed by atoms with Crippen LogP contribution < -0.4 is 20.1 Å². The summed E-state index contributed by atoms with van der Waals surface area (Å²) < 4.78 is 10.6. The molecule has 1 aromatic heterocycles. The van der Waals surface area contributed by atoms with Gasteiger partial charge in [0.05, 0.1) is 14.2 Å². The number of anilines is 1. The standard InChI is InChI=1S/C27H26N4O3/c1-33-24-12-13-25(34-2)22(14-24)16-28-26(32)21-10-8-20(9-11-21)23-17-30-27(31-18-23)29-15-19-6-4-3-5-7-19/h3-14,17-18H,15-16H2,1-2H3,(H,28,32)(H,29,30,31).